The van der Waals surface area contributed by atoms with Gasteiger partial charge >= 0.3 is 0 Å². The molecule has 1 aromatic carbocycles. The number of piperidine rings is 1. The number of aryl methyl sites for hydroxylation is 1. The Bertz CT molecular complexity index is 1390. The summed E-state index contributed by atoms with van der Waals surface area (Å²) in [5.74, 6) is 0.298. The number of hydrogen-bond donors (Lipinski definition) is 3. The summed E-state index contributed by atoms with van der Waals surface area (Å²) < 4.78 is 5.55. The highest BCUT2D eigenvalue weighted by Gasteiger charge is 2.27. The van der Waals surface area contributed by atoms with Crippen LogP contribution in [-0.4, -0.2) is 102 Å². The molecular formula is C32H43N9O2. The maximum absolute atomic E-state index is 12.6. The fourth-order valence-electron chi connectivity index (χ4n) is 6.33. The molecule has 3 aliphatic heterocycles. The third-order valence-electron chi connectivity index (χ3n) is 8.98. The van der Waals surface area contributed by atoms with Gasteiger partial charge in [-0.25, -0.2) is 9.97 Å². The number of carbonyl (C=O) groups is 1. The van der Waals surface area contributed by atoms with Crippen LogP contribution in [0.2, 0.25) is 0 Å². The number of nitrogens with one attached hydrogen (secondary N) is 2. The Morgan fingerprint density at radius 3 is 2.33 bits per heavy atom. The van der Waals surface area contributed by atoms with E-state index in [1.54, 1.807) is 12.4 Å². The maximum atomic E-state index is 12.6. The van der Waals surface area contributed by atoms with E-state index in [1.807, 2.05) is 25.1 Å². The molecule has 228 valence electrons. The molecule has 3 saturated heterocycles. The average molecular weight is 586 g/mol. The lowest BCUT2D eigenvalue weighted by molar-refractivity contribution is 0.0904. The predicted octanol–water partition coefficient (Wildman–Crippen LogP) is 3.50. The molecule has 2 aromatic heterocycles. The molecule has 0 aliphatic carbocycles. The van der Waals surface area contributed by atoms with Crippen molar-refractivity contribution in [2.24, 2.45) is 5.73 Å². The molecule has 1 amide bonds. The molecule has 3 aliphatic rings. The number of anilines is 4. The van der Waals surface area contributed by atoms with E-state index in [9.17, 15) is 4.79 Å². The number of nitrogens with two attached hydrogens (primary N) is 1. The molecule has 0 unspecified atom stereocenters. The Morgan fingerprint density at radius 1 is 0.930 bits per heavy atom. The van der Waals surface area contributed by atoms with E-state index in [2.05, 4.69) is 49.5 Å². The molecular weight excluding hydrogens is 542 g/mol. The molecule has 5 heterocycles. The normalized spacial score (nSPS) is 19.3. The summed E-state index contributed by atoms with van der Waals surface area (Å²) in [7, 11) is 2.21. The van der Waals surface area contributed by atoms with Crippen molar-refractivity contribution < 1.29 is 9.53 Å². The fourth-order valence-corrected chi connectivity index (χ4v) is 6.33. The van der Waals surface area contributed by atoms with Crippen molar-refractivity contribution >= 4 is 28.9 Å². The van der Waals surface area contributed by atoms with Crippen LogP contribution < -0.4 is 21.3 Å². The highest BCUT2D eigenvalue weighted by atomic mass is 16.5. The van der Waals surface area contributed by atoms with E-state index in [1.165, 1.54) is 31.6 Å². The van der Waals surface area contributed by atoms with E-state index >= 15 is 0 Å². The van der Waals surface area contributed by atoms with Gasteiger partial charge in [-0.3, -0.25) is 14.7 Å². The van der Waals surface area contributed by atoms with Crippen LogP contribution in [0.25, 0.3) is 11.3 Å². The number of amides is 1. The lowest BCUT2D eigenvalue weighted by atomic mass is 10.0. The molecule has 0 atom stereocenters. The predicted molar refractivity (Wildman–Crippen MR) is 170 cm³/mol. The number of likely N-dealkylation sites (N-methyl/N-ethyl adjacent to an activating group) is 1. The third-order valence-corrected chi connectivity index (χ3v) is 8.98. The molecule has 0 bridgehead atoms. The molecule has 0 saturated carbocycles. The number of pyridine rings is 1. The molecule has 43 heavy (non-hydrogen) atoms. The molecule has 3 fully saturated rings. The smallest absolute Gasteiger partial charge is 0.271 e. The molecule has 11 heteroatoms. The minimum Gasteiger partial charge on any atom is -0.381 e. The summed E-state index contributed by atoms with van der Waals surface area (Å²) >= 11 is 0. The van der Waals surface area contributed by atoms with Crippen molar-refractivity contribution in [3.05, 3.63) is 54.0 Å². The van der Waals surface area contributed by atoms with Crippen LogP contribution in [-0.2, 0) is 4.74 Å². The van der Waals surface area contributed by atoms with Crippen LogP contribution in [0.3, 0.4) is 0 Å². The van der Waals surface area contributed by atoms with Crippen molar-refractivity contribution in [1.82, 2.24) is 24.8 Å². The summed E-state index contributed by atoms with van der Waals surface area (Å²) in [6, 6.07) is 11.1. The van der Waals surface area contributed by atoms with E-state index in [0.29, 0.717) is 36.6 Å². The van der Waals surface area contributed by atoms with Gasteiger partial charge in [0, 0.05) is 93.9 Å². The molecule has 3 aromatic rings. The number of carbonyl (C=O) groups excluding carboxylic acids is 1. The second-order valence-electron chi connectivity index (χ2n) is 11.9. The second-order valence-corrected chi connectivity index (χ2v) is 11.9. The first-order valence-corrected chi connectivity index (χ1v) is 15.5. The van der Waals surface area contributed by atoms with Crippen LogP contribution in [0, 0.1) is 6.92 Å². The van der Waals surface area contributed by atoms with Gasteiger partial charge in [-0.1, -0.05) is 0 Å². The highest BCUT2D eigenvalue weighted by Crippen LogP contribution is 2.32. The van der Waals surface area contributed by atoms with Gasteiger partial charge in [-0.2, -0.15) is 0 Å². The quantitative estimate of drug-likeness (QED) is 0.362. The Hall–Kier alpha value is -3.80. The van der Waals surface area contributed by atoms with Crippen LogP contribution in [0.5, 0.6) is 0 Å². The summed E-state index contributed by atoms with van der Waals surface area (Å²) in [4.78, 5) is 34.1. The Kier molecular flexibility index (Phi) is 9.01. The van der Waals surface area contributed by atoms with Gasteiger partial charge in [0.25, 0.3) is 5.91 Å². The van der Waals surface area contributed by atoms with Crippen LogP contribution >= 0.6 is 0 Å². The molecule has 4 N–H and O–H groups in total. The third kappa shape index (κ3) is 6.90. The number of aromatic nitrogens is 3. The summed E-state index contributed by atoms with van der Waals surface area (Å²) in [5.41, 5.74) is 10.3. The number of hydrogen-bond acceptors (Lipinski definition) is 10. The zero-order chi connectivity index (χ0) is 29.8. The summed E-state index contributed by atoms with van der Waals surface area (Å²) in [6.45, 7) is 10.1. The van der Waals surface area contributed by atoms with Gasteiger partial charge in [0.2, 0.25) is 0 Å². The topological polar surface area (TPSA) is 125 Å². The Labute approximate surface area is 253 Å². The van der Waals surface area contributed by atoms with Gasteiger partial charge in [0.15, 0.2) is 17.3 Å². The second kappa shape index (κ2) is 13.2. The van der Waals surface area contributed by atoms with Crippen molar-refractivity contribution in [3.63, 3.8) is 0 Å². The SMILES string of the molecule is Cc1cnccc1-c1nc(C(N)=O)c(Nc2ccc(N3CCC(N4CCN(C)CC4)CC3)cc2)nc1NC1CCOCC1. The minimum absolute atomic E-state index is 0.0961. The first kappa shape index (κ1) is 29.3. The van der Waals surface area contributed by atoms with Gasteiger partial charge in [0.1, 0.15) is 5.69 Å². The van der Waals surface area contributed by atoms with Crippen LogP contribution in [0.15, 0.2) is 42.7 Å². The summed E-state index contributed by atoms with van der Waals surface area (Å²) in [6.07, 6.45) is 7.60. The molecule has 0 spiro atoms. The number of rotatable bonds is 8. The largest absolute Gasteiger partial charge is 0.381 e. The highest BCUT2D eigenvalue weighted by molar-refractivity contribution is 5.97. The van der Waals surface area contributed by atoms with Gasteiger partial charge in [-0.15, -0.1) is 0 Å². The standard InChI is InChI=1S/C32H43N9O2/c1-22-21-34-12-7-27(22)28-31(36-24-10-19-43-20-11-24)38-32(29(37-28)30(33)42)35-23-3-5-25(6-4-23)40-13-8-26(9-14-40)41-17-15-39(2)16-18-41/h3-7,12,21,24,26H,8-11,13-20H2,1-2H3,(H2,33,42)(H2,35,36,38). The number of primary amides is 1. The van der Waals surface area contributed by atoms with E-state index < -0.39 is 5.91 Å². The number of piperazine rings is 1. The minimum atomic E-state index is -0.639. The van der Waals surface area contributed by atoms with Gasteiger partial charge in [-0.05, 0) is 75.5 Å². The van der Waals surface area contributed by atoms with Crippen molar-refractivity contribution in [3.8, 4) is 11.3 Å². The monoisotopic (exact) mass is 585 g/mol. The average Bonchev–Trinajstić information content (AvgIpc) is 3.03. The van der Waals surface area contributed by atoms with Crippen LogP contribution in [0.1, 0.15) is 41.7 Å². The van der Waals surface area contributed by atoms with Gasteiger partial charge < -0.3 is 30.9 Å². The Balaban J connectivity index is 1.20. The molecule has 6 rings (SSSR count). The van der Waals surface area contributed by atoms with Crippen molar-refractivity contribution in [2.75, 3.05) is 75.1 Å². The van der Waals surface area contributed by atoms with Crippen LogP contribution in [0.4, 0.5) is 23.0 Å². The number of benzene rings is 1. The molecule has 0 radical (unpaired) electrons. The lowest BCUT2D eigenvalue weighted by Crippen LogP contribution is -2.52. The first-order valence-electron chi connectivity index (χ1n) is 15.5. The van der Waals surface area contributed by atoms with E-state index in [0.717, 1.165) is 55.8 Å². The number of ether oxygens (including phenoxy) is 1. The summed E-state index contributed by atoms with van der Waals surface area (Å²) in [5, 5.41) is 6.90. The maximum Gasteiger partial charge on any atom is 0.271 e. The van der Waals surface area contributed by atoms with E-state index in [-0.39, 0.29) is 11.7 Å². The zero-order valence-corrected chi connectivity index (χ0v) is 25.3. The van der Waals surface area contributed by atoms with Crippen molar-refractivity contribution in [2.45, 2.75) is 44.7 Å². The Morgan fingerprint density at radius 2 is 1.65 bits per heavy atom. The number of nitrogens with zero attached hydrogens (tertiary/aromatic N) is 6. The van der Waals surface area contributed by atoms with Gasteiger partial charge in [0.05, 0.1) is 0 Å². The first-order chi connectivity index (χ1) is 20.9. The lowest BCUT2D eigenvalue weighted by Gasteiger charge is -2.42. The molecule has 11 nitrogen and oxygen atoms in total. The van der Waals surface area contributed by atoms with Crippen molar-refractivity contribution in [1.29, 1.82) is 0 Å². The zero-order valence-electron chi connectivity index (χ0n) is 25.3. The van der Waals surface area contributed by atoms with E-state index in [4.69, 9.17) is 20.4 Å². The fraction of sp³-hybridized carbons (Fsp3) is 0.500.